The van der Waals surface area contributed by atoms with E-state index in [0.29, 0.717) is 37.1 Å². The van der Waals surface area contributed by atoms with Crippen LogP contribution in [0.5, 0.6) is 17.4 Å². The van der Waals surface area contributed by atoms with Crippen LogP contribution in [0.3, 0.4) is 0 Å². The summed E-state index contributed by atoms with van der Waals surface area (Å²) in [5.41, 5.74) is -6.09. The monoisotopic (exact) mass is 623 g/mol. The number of hydrogen-bond donors (Lipinski definition) is 2. The third-order valence-corrected chi connectivity index (χ3v) is 7.68. The molecule has 1 unspecified atom stereocenters. The molecule has 234 valence electrons. The smallest absolute Gasteiger partial charge is 0.430 e. The van der Waals surface area contributed by atoms with E-state index in [1.54, 1.807) is 26.0 Å². The minimum atomic E-state index is -6.03. The van der Waals surface area contributed by atoms with Gasteiger partial charge in [0, 0.05) is 18.1 Å². The SMILES string of the molecule is CCCc1cc(C(O)(C(F)(F)F)C(F)(F)F)ccc1Oc1cccc(CN2C(=O)NC(C)(c3ccc4c(c3)CCO4)C2=O)n1. The van der Waals surface area contributed by atoms with Gasteiger partial charge in [-0.05, 0) is 60.4 Å². The number of imide groups is 1. The lowest BCUT2D eigenvalue weighted by molar-refractivity contribution is -0.376. The summed E-state index contributed by atoms with van der Waals surface area (Å²) >= 11 is 0. The Labute approximate surface area is 247 Å². The zero-order chi connectivity index (χ0) is 32.1. The first kappa shape index (κ1) is 31.1. The van der Waals surface area contributed by atoms with Gasteiger partial charge in [0.15, 0.2) is 0 Å². The standard InChI is InChI=1S/C30H27F6N3O5/c1-3-5-17-15-20(28(42,29(31,32)33)30(34,35)36)9-11-23(17)44-24-7-4-6-21(37-24)16-39-25(40)27(2,38-26(39)41)19-8-10-22-18(14-19)12-13-43-22/h4,6-11,14-15,42H,3,5,12-13,16H2,1-2H3,(H,38,41). The lowest BCUT2D eigenvalue weighted by Gasteiger charge is -2.33. The van der Waals surface area contributed by atoms with Gasteiger partial charge in [-0.2, -0.15) is 26.3 Å². The van der Waals surface area contributed by atoms with Gasteiger partial charge in [0.05, 0.1) is 18.8 Å². The number of nitrogens with zero attached hydrogens (tertiary/aromatic N) is 2. The quantitative estimate of drug-likeness (QED) is 0.235. The van der Waals surface area contributed by atoms with E-state index in [9.17, 15) is 41.0 Å². The molecule has 5 rings (SSSR count). The van der Waals surface area contributed by atoms with Crippen LogP contribution in [0.15, 0.2) is 54.6 Å². The summed E-state index contributed by atoms with van der Waals surface area (Å²) in [6, 6.07) is 11.1. The maximum atomic E-state index is 13.5. The summed E-state index contributed by atoms with van der Waals surface area (Å²) in [7, 11) is 0. The number of fused-ring (bicyclic) bond motifs is 1. The van der Waals surface area contributed by atoms with Gasteiger partial charge in [-0.3, -0.25) is 9.69 Å². The van der Waals surface area contributed by atoms with Crippen LogP contribution in [0.4, 0.5) is 31.1 Å². The summed E-state index contributed by atoms with van der Waals surface area (Å²) in [4.78, 5) is 31.6. The van der Waals surface area contributed by atoms with Crippen LogP contribution >= 0.6 is 0 Å². The average Bonchev–Trinajstić information content (AvgIpc) is 3.51. The Kier molecular flexibility index (Phi) is 7.77. The molecule has 2 aliphatic heterocycles. The zero-order valence-corrected chi connectivity index (χ0v) is 23.5. The van der Waals surface area contributed by atoms with Crippen molar-refractivity contribution in [3.05, 3.63) is 82.5 Å². The van der Waals surface area contributed by atoms with Crippen molar-refractivity contribution in [1.29, 1.82) is 0 Å². The number of alkyl halides is 6. The highest BCUT2D eigenvalue weighted by molar-refractivity contribution is 6.07. The summed E-state index contributed by atoms with van der Waals surface area (Å²) in [6.45, 7) is 3.54. The Bertz CT molecular complexity index is 1590. The number of amides is 3. The normalized spacial score (nSPS) is 18.7. The highest BCUT2D eigenvalue weighted by Gasteiger charge is 2.71. The van der Waals surface area contributed by atoms with Gasteiger partial charge in [-0.15, -0.1) is 0 Å². The second kappa shape index (κ2) is 11.0. The van der Waals surface area contributed by atoms with Crippen molar-refractivity contribution in [3.63, 3.8) is 0 Å². The van der Waals surface area contributed by atoms with Crippen molar-refractivity contribution in [3.8, 4) is 17.4 Å². The molecule has 3 amide bonds. The van der Waals surface area contributed by atoms with Crippen LogP contribution in [0.1, 0.15) is 48.2 Å². The summed E-state index contributed by atoms with van der Waals surface area (Å²) in [6.07, 6.45) is -11.0. The van der Waals surface area contributed by atoms with Crippen molar-refractivity contribution in [2.45, 2.75) is 63.1 Å². The zero-order valence-electron chi connectivity index (χ0n) is 23.5. The maximum Gasteiger partial charge on any atom is 0.430 e. The van der Waals surface area contributed by atoms with Gasteiger partial charge < -0.3 is 19.9 Å². The molecule has 1 aromatic heterocycles. The molecule has 44 heavy (non-hydrogen) atoms. The molecule has 8 nitrogen and oxygen atoms in total. The molecule has 1 atom stereocenters. The van der Waals surface area contributed by atoms with Crippen molar-refractivity contribution in [2.75, 3.05) is 6.61 Å². The van der Waals surface area contributed by atoms with Gasteiger partial charge in [-0.1, -0.05) is 31.5 Å². The van der Waals surface area contributed by atoms with Crippen LogP contribution in [0.25, 0.3) is 0 Å². The largest absolute Gasteiger partial charge is 0.493 e. The molecule has 0 aliphatic carbocycles. The summed E-state index contributed by atoms with van der Waals surface area (Å²) < 4.78 is 91.9. The molecular formula is C30H27F6N3O5. The Morgan fingerprint density at radius 1 is 1.05 bits per heavy atom. The number of urea groups is 1. The van der Waals surface area contributed by atoms with Gasteiger partial charge in [-0.25, -0.2) is 9.78 Å². The Morgan fingerprint density at radius 2 is 1.77 bits per heavy atom. The van der Waals surface area contributed by atoms with Crippen LogP contribution < -0.4 is 14.8 Å². The maximum absolute atomic E-state index is 13.5. The number of benzene rings is 2. The van der Waals surface area contributed by atoms with Crippen LogP contribution in [0.2, 0.25) is 0 Å². The van der Waals surface area contributed by atoms with E-state index >= 15 is 0 Å². The number of rotatable bonds is 8. The van der Waals surface area contributed by atoms with E-state index in [0.717, 1.165) is 22.3 Å². The highest BCUT2D eigenvalue weighted by atomic mass is 19.4. The van der Waals surface area contributed by atoms with Crippen molar-refractivity contribution in [2.24, 2.45) is 0 Å². The molecule has 0 spiro atoms. The molecule has 2 aromatic carbocycles. The number of aryl methyl sites for hydroxylation is 1. The molecule has 0 radical (unpaired) electrons. The van der Waals surface area contributed by atoms with Crippen molar-refractivity contribution >= 4 is 11.9 Å². The molecule has 3 aromatic rings. The van der Waals surface area contributed by atoms with Gasteiger partial charge in [0.25, 0.3) is 11.5 Å². The predicted octanol–water partition coefficient (Wildman–Crippen LogP) is 6.04. The van der Waals surface area contributed by atoms with E-state index in [2.05, 4.69) is 10.3 Å². The first-order valence-corrected chi connectivity index (χ1v) is 13.6. The molecule has 1 fully saturated rings. The Balaban J connectivity index is 1.38. The van der Waals surface area contributed by atoms with Gasteiger partial charge >= 0.3 is 18.4 Å². The molecule has 3 heterocycles. The summed E-state index contributed by atoms with van der Waals surface area (Å²) in [5.74, 6) is 0.0512. The number of nitrogens with one attached hydrogen (secondary N) is 1. The van der Waals surface area contributed by atoms with Gasteiger partial charge in [0.1, 0.15) is 17.0 Å². The fourth-order valence-electron chi connectivity index (χ4n) is 5.27. The molecule has 2 aliphatic rings. The van der Waals surface area contributed by atoms with Crippen molar-refractivity contribution in [1.82, 2.24) is 15.2 Å². The number of aliphatic hydroxyl groups is 1. The lowest BCUT2D eigenvalue weighted by Crippen LogP contribution is -2.53. The number of aromatic nitrogens is 1. The second-order valence-electron chi connectivity index (χ2n) is 10.7. The Morgan fingerprint density at radius 3 is 2.45 bits per heavy atom. The average molecular weight is 624 g/mol. The molecule has 1 saturated heterocycles. The van der Waals surface area contributed by atoms with Crippen LogP contribution in [-0.4, -0.2) is 45.9 Å². The van der Waals surface area contributed by atoms with E-state index in [1.807, 2.05) is 6.07 Å². The predicted molar refractivity (Wildman–Crippen MR) is 143 cm³/mol. The molecule has 14 heteroatoms. The number of ether oxygens (including phenoxy) is 2. The third-order valence-electron chi connectivity index (χ3n) is 7.68. The van der Waals surface area contributed by atoms with E-state index < -0.39 is 41.0 Å². The fourth-order valence-corrected chi connectivity index (χ4v) is 5.27. The number of hydrogen-bond acceptors (Lipinski definition) is 6. The number of pyridine rings is 1. The topological polar surface area (TPSA) is 101 Å². The first-order valence-electron chi connectivity index (χ1n) is 13.6. The fraction of sp³-hybridized carbons (Fsp3) is 0.367. The van der Waals surface area contributed by atoms with E-state index in [4.69, 9.17) is 9.47 Å². The lowest BCUT2D eigenvalue weighted by atomic mass is 9.90. The van der Waals surface area contributed by atoms with E-state index in [1.165, 1.54) is 18.2 Å². The van der Waals surface area contributed by atoms with Crippen molar-refractivity contribution < 1.29 is 50.5 Å². The summed E-state index contributed by atoms with van der Waals surface area (Å²) in [5, 5.41) is 12.6. The minimum Gasteiger partial charge on any atom is -0.493 e. The van der Waals surface area contributed by atoms with Crippen LogP contribution in [0, 0.1) is 0 Å². The highest BCUT2D eigenvalue weighted by Crippen LogP contribution is 2.50. The van der Waals surface area contributed by atoms with Crippen LogP contribution in [-0.2, 0) is 35.3 Å². The molecule has 2 N–H and O–H groups in total. The first-order chi connectivity index (χ1) is 20.6. The minimum absolute atomic E-state index is 0.0197. The molecule has 0 saturated carbocycles. The second-order valence-corrected chi connectivity index (χ2v) is 10.7. The Hall–Kier alpha value is -4.33. The van der Waals surface area contributed by atoms with E-state index in [-0.39, 0.29) is 35.9 Å². The number of carbonyl (C=O) groups excluding carboxylic acids is 2. The van der Waals surface area contributed by atoms with Gasteiger partial charge in [0.2, 0.25) is 5.88 Å². The molecule has 0 bridgehead atoms. The number of carbonyl (C=O) groups is 2. The molecular weight excluding hydrogens is 596 g/mol. The third kappa shape index (κ3) is 5.31. The number of halogens is 6.